The van der Waals surface area contributed by atoms with E-state index >= 15 is 0 Å². The van der Waals surface area contributed by atoms with E-state index in [-0.39, 0.29) is 38.4 Å². The summed E-state index contributed by atoms with van der Waals surface area (Å²) < 4.78 is 36.8. The third-order valence-electron chi connectivity index (χ3n) is 8.62. The van der Waals surface area contributed by atoms with Gasteiger partial charge in [-0.25, -0.2) is 0 Å². The fraction of sp³-hybridized carbons (Fsp3) is 0.619. The van der Waals surface area contributed by atoms with Gasteiger partial charge in [-0.05, 0) is 25.7 Å². The van der Waals surface area contributed by atoms with E-state index in [0.29, 0.717) is 37.6 Å². The Bertz CT molecular complexity index is 1230. The average Bonchev–Trinajstić information content (AvgIpc) is 3.12. The fourth-order valence-corrected chi connectivity index (χ4v) is 5.81. The quantitative estimate of drug-likeness (QED) is 0.0422. The molecule has 2 atom stereocenters. The third-order valence-corrected chi connectivity index (χ3v) is 8.62. The number of rotatable bonds is 28. The molecule has 50 heavy (non-hydrogen) atoms. The Kier molecular flexibility index (Phi) is 20.3. The Morgan fingerprint density at radius 2 is 0.820 bits per heavy atom. The minimum atomic E-state index is -0.538. The summed E-state index contributed by atoms with van der Waals surface area (Å²) in [4.78, 5) is 25.5. The highest BCUT2D eigenvalue weighted by molar-refractivity contribution is 6.11. The van der Waals surface area contributed by atoms with E-state index < -0.39 is 12.2 Å². The predicted octanol–water partition coefficient (Wildman–Crippen LogP) is 10.1. The largest absolute Gasteiger partial charge is 0.488 e. The molecule has 0 amide bonds. The van der Waals surface area contributed by atoms with Crippen molar-refractivity contribution in [1.29, 1.82) is 0 Å². The van der Waals surface area contributed by atoms with Crippen molar-refractivity contribution in [2.24, 2.45) is 0 Å². The molecule has 3 aromatic carbocycles. The molecule has 0 spiro atoms. The van der Waals surface area contributed by atoms with E-state index in [1.54, 1.807) is 0 Å². The molecular formula is C42H62O8. The van der Waals surface area contributed by atoms with Crippen LogP contribution in [0.15, 0.2) is 48.5 Å². The molecule has 0 saturated carbocycles. The average molecular weight is 695 g/mol. The van der Waals surface area contributed by atoms with Gasteiger partial charge in [-0.1, -0.05) is 128 Å². The predicted molar refractivity (Wildman–Crippen MR) is 201 cm³/mol. The lowest BCUT2D eigenvalue weighted by Gasteiger charge is -2.23. The molecule has 0 aliphatic carbocycles. The molecule has 0 bridgehead atoms. The topological polar surface area (TPSA) is 89.5 Å². The number of unbranched alkanes of at least 4 members (excludes halogenated alkanes) is 8. The molecule has 3 rings (SSSR count). The van der Waals surface area contributed by atoms with E-state index in [4.69, 9.17) is 28.4 Å². The van der Waals surface area contributed by atoms with Gasteiger partial charge >= 0.3 is 11.9 Å². The van der Waals surface area contributed by atoms with Crippen molar-refractivity contribution in [3.63, 3.8) is 0 Å². The van der Waals surface area contributed by atoms with Crippen LogP contribution in [-0.2, 0) is 28.5 Å². The first-order valence-corrected chi connectivity index (χ1v) is 19.3. The summed E-state index contributed by atoms with van der Waals surface area (Å²) in [6.45, 7) is 10.7. The molecule has 0 aromatic heterocycles. The van der Waals surface area contributed by atoms with E-state index in [9.17, 15) is 9.59 Å². The molecule has 2 unspecified atom stereocenters. The maximum atomic E-state index is 12.7. The zero-order valence-corrected chi connectivity index (χ0v) is 31.2. The van der Waals surface area contributed by atoms with E-state index in [1.807, 2.05) is 48.5 Å². The Hall–Kier alpha value is -3.36. The van der Waals surface area contributed by atoms with Crippen LogP contribution in [0.25, 0.3) is 21.5 Å². The lowest BCUT2D eigenvalue weighted by molar-refractivity contribution is -0.155. The van der Waals surface area contributed by atoms with Gasteiger partial charge in [-0.15, -0.1) is 0 Å². The number of esters is 2. The van der Waals surface area contributed by atoms with Gasteiger partial charge in [0.05, 0.1) is 13.2 Å². The van der Waals surface area contributed by atoms with Crippen LogP contribution in [0.4, 0.5) is 0 Å². The highest BCUT2D eigenvalue weighted by Gasteiger charge is 2.22. The van der Waals surface area contributed by atoms with Gasteiger partial charge in [-0.3, -0.25) is 9.59 Å². The van der Waals surface area contributed by atoms with E-state index in [1.165, 1.54) is 0 Å². The Morgan fingerprint density at radius 3 is 1.16 bits per heavy atom. The van der Waals surface area contributed by atoms with Crippen LogP contribution in [0.1, 0.15) is 118 Å². The standard InChI is InChI=1S/C42H62O8/c1-5-9-13-25-39(43)49-33(29-45-27-19-11-7-3)31-47-41-35-21-15-17-23-37(35)42(38-24-18-16-22-36(38)41)48-32-34(30-46-28-20-12-8-4)50-40(44)26-14-10-6-2/h15-18,21-24,33-34H,5-14,19-20,25-32H2,1-4H3. The van der Waals surface area contributed by atoms with Crippen molar-refractivity contribution in [3.05, 3.63) is 48.5 Å². The number of fused-ring (bicyclic) bond motifs is 2. The van der Waals surface area contributed by atoms with E-state index in [2.05, 4.69) is 27.7 Å². The summed E-state index contributed by atoms with van der Waals surface area (Å²) in [7, 11) is 0. The summed E-state index contributed by atoms with van der Waals surface area (Å²) in [5.41, 5.74) is 0. The van der Waals surface area contributed by atoms with Crippen molar-refractivity contribution in [3.8, 4) is 11.5 Å². The van der Waals surface area contributed by atoms with Gasteiger partial charge in [0.1, 0.15) is 24.7 Å². The molecule has 3 aromatic rings. The third kappa shape index (κ3) is 14.5. The Morgan fingerprint density at radius 1 is 0.480 bits per heavy atom. The van der Waals surface area contributed by atoms with Crippen molar-refractivity contribution < 1.29 is 38.0 Å². The first-order chi connectivity index (χ1) is 24.5. The molecule has 0 heterocycles. The molecule has 278 valence electrons. The zero-order chi connectivity index (χ0) is 35.8. The molecular weight excluding hydrogens is 632 g/mol. The first-order valence-electron chi connectivity index (χ1n) is 19.3. The maximum Gasteiger partial charge on any atom is 0.306 e. The molecule has 8 heteroatoms. The van der Waals surface area contributed by atoms with Crippen LogP contribution in [0.3, 0.4) is 0 Å². The highest BCUT2D eigenvalue weighted by atomic mass is 16.6. The molecule has 8 nitrogen and oxygen atoms in total. The molecule has 0 aliphatic heterocycles. The number of hydrogen-bond acceptors (Lipinski definition) is 8. The van der Waals surface area contributed by atoms with Gasteiger partial charge < -0.3 is 28.4 Å². The normalized spacial score (nSPS) is 12.6. The van der Waals surface area contributed by atoms with Crippen molar-refractivity contribution in [2.45, 2.75) is 130 Å². The minimum Gasteiger partial charge on any atom is -0.488 e. The first kappa shape index (κ1) is 41.1. The van der Waals surface area contributed by atoms with Crippen LogP contribution in [0.2, 0.25) is 0 Å². The second-order valence-electron chi connectivity index (χ2n) is 13.1. The van der Waals surface area contributed by atoms with Gasteiger partial charge in [0, 0.05) is 47.6 Å². The summed E-state index contributed by atoms with van der Waals surface area (Å²) in [5.74, 6) is 0.940. The molecule has 0 aliphatic rings. The summed E-state index contributed by atoms with van der Waals surface area (Å²) in [5, 5.41) is 3.51. The number of carbonyl (C=O) groups excluding carboxylic acids is 2. The Labute approximate surface area is 300 Å². The zero-order valence-electron chi connectivity index (χ0n) is 31.2. The second kappa shape index (κ2) is 24.7. The van der Waals surface area contributed by atoms with Crippen LogP contribution in [-0.4, -0.2) is 63.8 Å². The van der Waals surface area contributed by atoms with Crippen LogP contribution < -0.4 is 9.47 Å². The summed E-state index contributed by atoms with van der Waals surface area (Å²) >= 11 is 0. The highest BCUT2D eigenvalue weighted by Crippen LogP contribution is 2.43. The minimum absolute atomic E-state index is 0.160. The van der Waals surface area contributed by atoms with Crippen molar-refractivity contribution >= 4 is 33.5 Å². The smallest absolute Gasteiger partial charge is 0.306 e. The monoisotopic (exact) mass is 694 g/mol. The van der Waals surface area contributed by atoms with Crippen LogP contribution >= 0.6 is 0 Å². The van der Waals surface area contributed by atoms with Gasteiger partial charge in [0.15, 0.2) is 12.2 Å². The van der Waals surface area contributed by atoms with Gasteiger partial charge in [0.2, 0.25) is 0 Å². The van der Waals surface area contributed by atoms with E-state index in [0.717, 1.165) is 98.6 Å². The lowest BCUT2D eigenvalue weighted by Crippen LogP contribution is -2.30. The SMILES string of the molecule is CCCCCOCC(COc1c2ccccc2c(OCC(COCCCCC)OC(=O)CCCCC)c2ccccc12)OC(=O)CCCCC. The fourth-order valence-electron chi connectivity index (χ4n) is 5.81. The number of carbonyl (C=O) groups is 2. The molecule has 0 radical (unpaired) electrons. The van der Waals surface area contributed by atoms with Crippen LogP contribution in [0.5, 0.6) is 11.5 Å². The molecule has 0 N–H and O–H groups in total. The van der Waals surface area contributed by atoms with Crippen molar-refractivity contribution in [1.82, 2.24) is 0 Å². The number of benzene rings is 3. The van der Waals surface area contributed by atoms with Crippen LogP contribution in [0, 0.1) is 0 Å². The van der Waals surface area contributed by atoms with Gasteiger partial charge in [-0.2, -0.15) is 0 Å². The van der Waals surface area contributed by atoms with Gasteiger partial charge in [0.25, 0.3) is 0 Å². The van der Waals surface area contributed by atoms with Crippen molar-refractivity contribution in [2.75, 3.05) is 39.6 Å². The second-order valence-corrected chi connectivity index (χ2v) is 13.1. The molecule has 0 saturated heterocycles. The number of ether oxygens (including phenoxy) is 6. The number of hydrogen-bond donors (Lipinski definition) is 0. The summed E-state index contributed by atoms with van der Waals surface area (Å²) in [6, 6.07) is 15.9. The molecule has 0 fully saturated rings. The summed E-state index contributed by atoms with van der Waals surface area (Å²) in [6.07, 6.45) is 11.7. The lowest BCUT2D eigenvalue weighted by atomic mass is 10.0. The maximum absolute atomic E-state index is 12.7. The Balaban J connectivity index is 1.84.